The Bertz CT molecular complexity index is 424. The average Bonchev–Trinajstić information content (AvgIpc) is 2.88. The third-order valence-corrected chi connectivity index (χ3v) is 4.76. The van der Waals surface area contributed by atoms with Crippen molar-refractivity contribution in [1.82, 2.24) is 20.1 Å². The minimum absolute atomic E-state index is 0.0464. The van der Waals surface area contributed by atoms with Crippen molar-refractivity contribution in [3.8, 4) is 5.75 Å². The molecule has 0 aliphatic rings. The van der Waals surface area contributed by atoms with E-state index in [0.29, 0.717) is 0 Å². The zero-order chi connectivity index (χ0) is 16.0. The van der Waals surface area contributed by atoms with Crippen LogP contribution in [0.2, 0.25) is 0 Å². The fraction of sp³-hybridized carbons (Fsp3) is 0.800. The van der Waals surface area contributed by atoms with E-state index in [1.165, 1.54) is 0 Å². The van der Waals surface area contributed by atoms with Crippen LogP contribution in [0.3, 0.4) is 0 Å². The van der Waals surface area contributed by atoms with Crippen LogP contribution in [0.25, 0.3) is 0 Å². The number of aromatic nitrogens is 2. The lowest BCUT2D eigenvalue weighted by Gasteiger charge is -2.47. The van der Waals surface area contributed by atoms with Crippen molar-refractivity contribution in [2.24, 2.45) is 12.9 Å². The smallest absolute Gasteiger partial charge is 0.161 e. The number of aryl methyl sites for hydroxylation is 1. The highest BCUT2D eigenvalue weighted by molar-refractivity contribution is 5.31. The van der Waals surface area contributed by atoms with Crippen molar-refractivity contribution in [1.29, 1.82) is 0 Å². The zero-order valence-electron chi connectivity index (χ0n) is 14.3. The molecule has 1 rings (SSSR count). The van der Waals surface area contributed by atoms with Gasteiger partial charge in [-0.1, -0.05) is 27.7 Å². The molecule has 0 aliphatic heterocycles. The van der Waals surface area contributed by atoms with E-state index < -0.39 is 0 Å². The summed E-state index contributed by atoms with van der Waals surface area (Å²) in [6, 6.07) is -0.0464. The highest BCUT2D eigenvalue weighted by atomic mass is 16.5. The van der Waals surface area contributed by atoms with Crippen molar-refractivity contribution in [2.45, 2.75) is 52.1 Å². The molecule has 1 aromatic heterocycles. The van der Waals surface area contributed by atoms with Gasteiger partial charge >= 0.3 is 0 Å². The van der Waals surface area contributed by atoms with Crippen LogP contribution in [0.1, 0.15) is 52.3 Å². The van der Waals surface area contributed by atoms with Gasteiger partial charge in [-0.05, 0) is 25.9 Å². The van der Waals surface area contributed by atoms with Gasteiger partial charge in [-0.3, -0.25) is 15.4 Å². The third kappa shape index (κ3) is 3.07. The van der Waals surface area contributed by atoms with Crippen LogP contribution in [0.4, 0.5) is 0 Å². The number of nitrogens with one attached hydrogen (secondary N) is 1. The van der Waals surface area contributed by atoms with E-state index in [9.17, 15) is 0 Å². The predicted octanol–water partition coefficient (Wildman–Crippen LogP) is 1.83. The van der Waals surface area contributed by atoms with Gasteiger partial charge in [-0.25, -0.2) is 5.43 Å². The van der Waals surface area contributed by atoms with Crippen LogP contribution in [0, 0.1) is 0 Å². The molecule has 1 atom stereocenters. The minimum atomic E-state index is -0.0701. The second-order valence-corrected chi connectivity index (χ2v) is 5.30. The first kappa shape index (κ1) is 17.9. The second-order valence-electron chi connectivity index (χ2n) is 5.30. The monoisotopic (exact) mass is 297 g/mol. The largest absolute Gasteiger partial charge is 0.493 e. The van der Waals surface area contributed by atoms with Crippen molar-refractivity contribution in [3.05, 3.63) is 11.9 Å². The fourth-order valence-corrected chi connectivity index (χ4v) is 3.54. The summed E-state index contributed by atoms with van der Waals surface area (Å²) in [7, 11) is 3.60. The Balaban J connectivity index is 3.40. The maximum absolute atomic E-state index is 5.97. The Labute approximate surface area is 128 Å². The number of likely N-dealkylation sites (N-methyl/N-ethyl adjacent to an activating group) is 1. The summed E-state index contributed by atoms with van der Waals surface area (Å²) in [5.74, 6) is 6.74. The van der Waals surface area contributed by atoms with Gasteiger partial charge in [0.2, 0.25) is 0 Å². The van der Waals surface area contributed by atoms with Gasteiger partial charge in [0, 0.05) is 12.6 Å². The Hall–Kier alpha value is -1.11. The topological polar surface area (TPSA) is 68.3 Å². The van der Waals surface area contributed by atoms with Crippen LogP contribution >= 0.6 is 0 Å². The van der Waals surface area contributed by atoms with Crippen molar-refractivity contribution in [3.63, 3.8) is 0 Å². The Morgan fingerprint density at radius 2 is 1.90 bits per heavy atom. The summed E-state index contributed by atoms with van der Waals surface area (Å²) >= 11 is 0. The van der Waals surface area contributed by atoms with E-state index in [2.05, 4.69) is 43.1 Å². The third-order valence-electron chi connectivity index (χ3n) is 4.76. The first-order valence-corrected chi connectivity index (χ1v) is 7.83. The van der Waals surface area contributed by atoms with Gasteiger partial charge in [0.15, 0.2) is 5.75 Å². The normalized spacial score (nSPS) is 13.7. The molecular formula is C15H31N5O. The van der Waals surface area contributed by atoms with Crippen molar-refractivity contribution < 1.29 is 4.74 Å². The minimum Gasteiger partial charge on any atom is -0.493 e. The Morgan fingerprint density at radius 1 is 1.33 bits per heavy atom. The lowest BCUT2D eigenvalue weighted by molar-refractivity contribution is 0.0450. The van der Waals surface area contributed by atoms with Crippen LogP contribution in [-0.4, -0.2) is 40.4 Å². The fourth-order valence-electron chi connectivity index (χ4n) is 3.54. The van der Waals surface area contributed by atoms with E-state index in [1.807, 2.05) is 11.7 Å². The van der Waals surface area contributed by atoms with Gasteiger partial charge in [0.05, 0.1) is 19.3 Å². The summed E-state index contributed by atoms with van der Waals surface area (Å²) < 4.78 is 7.34. The standard InChI is InChI=1S/C15H31N5O/c1-7-15(8-2,20(9-3)10-4)14(18-16)13-12(21-6)11-17-19(13)5/h11,14,18H,7-10,16H2,1-6H3. The molecule has 0 bridgehead atoms. The highest BCUT2D eigenvalue weighted by Crippen LogP contribution is 2.39. The molecule has 0 aliphatic carbocycles. The van der Waals surface area contributed by atoms with Crippen molar-refractivity contribution >= 4 is 0 Å². The molecule has 122 valence electrons. The molecule has 0 spiro atoms. The quantitative estimate of drug-likeness (QED) is 0.538. The Morgan fingerprint density at radius 3 is 2.29 bits per heavy atom. The Kier molecular flexibility index (Phi) is 6.64. The number of hydrazine groups is 1. The molecular weight excluding hydrogens is 266 g/mol. The van der Waals surface area contributed by atoms with E-state index in [0.717, 1.165) is 37.4 Å². The molecule has 6 nitrogen and oxygen atoms in total. The molecule has 1 aromatic rings. The molecule has 1 heterocycles. The van der Waals surface area contributed by atoms with E-state index in [4.69, 9.17) is 10.6 Å². The lowest BCUT2D eigenvalue weighted by Crippen LogP contribution is -2.57. The van der Waals surface area contributed by atoms with Gasteiger partial charge in [-0.15, -0.1) is 0 Å². The number of rotatable bonds is 9. The number of ether oxygens (including phenoxy) is 1. The molecule has 3 N–H and O–H groups in total. The van der Waals surface area contributed by atoms with Crippen molar-refractivity contribution in [2.75, 3.05) is 20.2 Å². The number of nitrogens with zero attached hydrogens (tertiary/aromatic N) is 3. The molecule has 0 radical (unpaired) electrons. The number of hydrogen-bond acceptors (Lipinski definition) is 5. The summed E-state index contributed by atoms with van der Waals surface area (Å²) in [5, 5.41) is 4.33. The molecule has 6 heteroatoms. The second kappa shape index (κ2) is 7.77. The summed E-state index contributed by atoms with van der Waals surface area (Å²) in [5.41, 5.74) is 3.96. The summed E-state index contributed by atoms with van der Waals surface area (Å²) in [6.07, 6.45) is 3.74. The van der Waals surface area contributed by atoms with E-state index in [-0.39, 0.29) is 11.6 Å². The summed E-state index contributed by atoms with van der Waals surface area (Å²) in [4.78, 5) is 2.48. The maximum atomic E-state index is 5.97. The predicted molar refractivity (Wildman–Crippen MR) is 86.1 cm³/mol. The SMILES string of the molecule is CCN(CC)C(CC)(CC)C(NN)c1c(OC)cnn1C. The van der Waals surface area contributed by atoms with Gasteiger partial charge in [-0.2, -0.15) is 5.10 Å². The molecule has 21 heavy (non-hydrogen) atoms. The lowest BCUT2D eigenvalue weighted by atomic mass is 9.80. The van der Waals surface area contributed by atoms with Crippen LogP contribution in [-0.2, 0) is 7.05 Å². The van der Waals surface area contributed by atoms with Crippen LogP contribution in [0.5, 0.6) is 5.75 Å². The van der Waals surface area contributed by atoms with E-state index >= 15 is 0 Å². The molecule has 0 amide bonds. The van der Waals surface area contributed by atoms with Gasteiger partial charge in [0.1, 0.15) is 5.69 Å². The first-order valence-electron chi connectivity index (χ1n) is 7.83. The maximum Gasteiger partial charge on any atom is 0.161 e. The average molecular weight is 297 g/mol. The molecule has 1 unspecified atom stereocenters. The number of hydrogen-bond donors (Lipinski definition) is 2. The first-order chi connectivity index (χ1) is 10.1. The van der Waals surface area contributed by atoms with Crippen LogP contribution < -0.4 is 16.0 Å². The highest BCUT2D eigenvalue weighted by Gasteiger charge is 2.43. The molecule has 0 saturated heterocycles. The van der Waals surface area contributed by atoms with Gasteiger partial charge in [0.25, 0.3) is 0 Å². The number of nitrogens with two attached hydrogens (primary N) is 1. The zero-order valence-corrected chi connectivity index (χ0v) is 14.3. The number of methoxy groups -OCH3 is 1. The van der Waals surface area contributed by atoms with Crippen LogP contribution in [0.15, 0.2) is 6.20 Å². The molecule has 0 fully saturated rings. The van der Waals surface area contributed by atoms with Gasteiger partial charge < -0.3 is 4.74 Å². The molecule has 0 aromatic carbocycles. The van der Waals surface area contributed by atoms with E-state index in [1.54, 1.807) is 13.3 Å². The summed E-state index contributed by atoms with van der Waals surface area (Å²) in [6.45, 7) is 10.8. The molecule has 0 saturated carbocycles.